The van der Waals surface area contributed by atoms with Gasteiger partial charge in [-0.25, -0.2) is 0 Å². The number of anilines is 2. The van der Waals surface area contributed by atoms with Gasteiger partial charge in [-0.05, 0) is 46.4 Å². The number of benzene rings is 1. The summed E-state index contributed by atoms with van der Waals surface area (Å²) in [5.41, 5.74) is 0.133. The van der Waals surface area contributed by atoms with Gasteiger partial charge < -0.3 is 14.1 Å². The normalized spacial score (nSPS) is 18.9. The van der Waals surface area contributed by atoms with Crippen LogP contribution >= 0.6 is 51.3 Å². The van der Waals surface area contributed by atoms with Gasteiger partial charge in [0.1, 0.15) is 11.3 Å². The van der Waals surface area contributed by atoms with Crippen LogP contribution in [0, 0.1) is 0 Å². The third-order valence-corrected chi connectivity index (χ3v) is 6.21. The predicted octanol–water partition coefficient (Wildman–Crippen LogP) is 4.02. The fourth-order valence-corrected chi connectivity index (χ4v) is 4.32. The van der Waals surface area contributed by atoms with Crippen molar-refractivity contribution in [3.05, 3.63) is 50.1 Å². The molecule has 2 fully saturated rings. The number of nitrogens with one attached hydrogen (secondary N) is 1. The Balaban J connectivity index is 1.69. The van der Waals surface area contributed by atoms with Crippen LogP contribution in [0.5, 0.6) is 0 Å². The van der Waals surface area contributed by atoms with E-state index in [9.17, 15) is 9.59 Å². The summed E-state index contributed by atoms with van der Waals surface area (Å²) in [7, 11) is 0. The van der Waals surface area contributed by atoms with Crippen molar-refractivity contribution in [2.45, 2.75) is 0 Å². The minimum atomic E-state index is -0.631. The number of thiocarbonyl (C=S) groups is 1. The lowest BCUT2D eigenvalue weighted by Gasteiger charge is -2.29. The first-order chi connectivity index (χ1) is 14.4. The molecular formula is C19H14BrCl2N3O4S. The van der Waals surface area contributed by atoms with Crippen LogP contribution in [0.3, 0.4) is 0 Å². The van der Waals surface area contributed by atoms with E-state index in [-0.39, 0.29) is 26.4 Å². The van der Waals surface area contributed by atoms with Crippen molar-refractivity contribution >= 4 is 85.9 Å². The monoisotopic (exact) mass is 529 g/mol. The molecule has 7 nitrogen and oxygen atoms in total. The Morgan fingerprint density at radius 1 is 1.20 bits per heavy atom. The van der Waals surface area contributed by atoms with E-state index in [2.05, 4.69) is 21.2 Å². The minimum absolute atomic E-state index is 0.0825. The van der Waals surface area contributed by atoms with E-state index in [4.69, 9.17) is 44.6 Å². The van der Waals surface area contributed by atoms with Crippen molar-refractivity contribution in [2.24, 2.45) is 0 Å². The molecule has 11 heteroatoms. The predicted molar refractivity (Wildman–Crippen MR) is 122 cm³/mol. The van der Waals surface area contributed by atoms with E-state index in [0.717, 1.165) is 4.90 Å². The van der Waals surface area contributed by atoms with E-state index in [1.165, 1.54) is 6.08 Å². The van der Waals surface area contributed by atoms with Crippen LogP contribution in [0.4, 0.5) is 11.6 Å². The molecule has 1 aromatic carbocycles. The maximum atomic E-state index is 13.1. The number of furan rings is 1. The summed E-state index contributed by atoms with van der Waals surface area (Å²) in [6.45, 7) is 2.54. The summed E-state index contributed by atoms with van der Waals surface area (Å²) in [4.78, 5) is 28.8. The highest BCUT2D eigenvalue weighted by atomic mass is 79.9. The molecule has 1 N–H and O–H groups in total. The van der Waals surface area contributed by atoms with E-state index >= 15 is 0 Å². The second-order valence-corrected chi connectivity index (χ2v) is 8.46. The fraction of sp³-hybridized carbons (Fsp3) is 0.211. The first-order valence-electron chi connectivity index (χ1n) is 8.84. The molecule has 4 rings (SSSR count). The first-order valence-corrected chi connectivity index (χ1v) is 10.8. The Labute approximate surface area is 195 Å². The molecule has 2 aliphatic heterocycles. The molecule has 0 saturated carbocycles. The maximum absolute atomic E-state index is 13.1. The van der Waals surface area contributed by atoms with Crippen LogP contribution in [0.15, 0.2) is 38.7 Å². The van der Waals surface area contributed by atoms with Crippen LogP contribution < -0.4 is 15.1 Å². The summed E-state index contributed by atoms with van der Waals surface area (Å²) in [6, 6.07) is 6.51. The number of hydrogen-bond donors (Lipinski definition) is 1. The molecule has 2 aromatic rings. The van der Waals surface area contributed by atoms with Gasteiger partial charge in [0, 0.05) is 19.2 Å². The molecule has 2 saturated heterocycles. The second-order valence-electron chi connectivity index (χ2n) is 6.43. The molecule has 2 aliphatic rings. The highest BCUT2D eigenvalue weighted by molar-refractivity contribution is 9.10. The van der Waals surface area contributed by atoms with Crippen molar-refractivity contribution < 1.29 is 18.7 Å². The van der Waals surface area contributed by atoms with Gasteiger partial charge in [-0.2, -0.15) is 0 Å². The van der Waals surface area contributed by atoms with Crippen LogP contribution in [0.25, 0.3) is 6.08 Å². The minimum Gasteiger partial charge on any atom is -0.440 e. The van der Waals surface area contributed by atoms with Crippen molar-refractivity contribution in [3.8, 4) is 0 Å². The average Bonchev–Trinajstić information content (AvgIpc) is 3.09. The van der Waals surface area contributed by atoms with Gasteiger partial charge in [-0.3, -0.25) is 19.8 Å². The van der Waals surface area contributed by atoms with Crippen molar-refractivity contribution in [2.75, 3.05) is 36.1 Å². The van der Waals surface area contributed by atoms with Gasteiger partial charge in [0.25, 0.3) is 11.8 Å². The average molecular weight is 531 g/mol. The number of carbonyl (C=O) groups excluding carboxylic acids is 2. The number of nitrogens with zero attached hydrogens (tertiary/aromatic N) is 2. The molecule has 0 bridgehead atoms. The van der Waals surface area contributed by atoms with Gasteiger partial charge in [0.05, 0.1) is 33.4 Å². The number of ether oxygens (including phenoxy) is 1. The Hall–Kier alpha value is -1.91. The van der Waals surface area contributed by atoms with Gasteiger partial charge in [0.2, 0.25) is 5.88 Å². The lowest BCUT2D eigenvalue weighted by Crippen LogP contribution is -2.54. The lowest BCUT2D eigenvalue weighted by atomic mass is 10.1. The summed E-state index contributed by atoms with van der Waals surface area (Å²) >= 11 is 21.0. The number of hydrogen-bond acceptors (Lipinski definition) is 6. The zero-order chi connectivity index (χ0) is 21.4. The Morgan fingerprint density at radius 3 is 2.67 bits per heavy atom. The molecule has 30 heavy (non-hydrogen) atoms. The topological polar surface area (TPSA) is 75.0 Å². The first kappa shape index (κ1) is 21.3. The maximum Gasteiger partial charge on any atom is 0.270 e. The number of halogens is 3. The van der Waals surface area contributed by atoms with Gasteiger partial charge >= 0.3 is 0 Å². The van der Waals surface area contributed by atoms with E-state index in [0.29, 0.717) is 42.4 Å². The van der Waals surface area contributed by atoms with Crippen LogP contribution in [-0.4, -0.2) is 43.2 Å². The number of carbonyl (C=O) groups is 2. The molecule has 156 valence electrons. The molecule has 0 radical (unpaired) electrons. The molecule has 0 spiro atoms. The molecule has 0 aliphatic carbocycles. The molecule has 3 heterocycles. The Kier molecular flexibility index (Phi) is 6.17. The zero-order valence-corrected chi connectivity index (χ0v) is 19.2. The van der Waals surface area contributed by atoms with Crippen LogP contribution in [0.2, 0.25) is 10.0 Å². The summed E-state index contributed by atoms with van der Waals surface area (Å²) in [6.07, 6.45) is 1.37. The SMILES string of the molecule is O=C1NC(=S)N(c2cccc(Cl)c2Cl)C(=O)C1=Cc1cc(Br)c(N2CCOCC2)o1. The number of morpholine rings is 1. The van der Waals surface area contributed by atoms with Gasteiger partial charge in [-0.1, -0.05) is 29.3 Å². The van der Waals surface area contributed by atoms with Crippen molar-refractivity contribution in [1.29, 1.82) is 0 Å². The van der Waals surface area contributed by atoms with Gasteiger partial charge in [-0.15, -0.1) is 0 Å². The van der Waals surface area contributed by atoms with Crippen molar-refractivity contribution in [3.63, 3.8) is 0 Å². The zero-order valence-electron chi connectivity index (χ0n) is 15.3. The second kappa shape index (κ2) is 8.68. The van der Waals surface area contributed by atoms with E-state index < -0.39 is 11.8 Å². The lowest BCUT2D eigenvalue weighted by molar-refractivity contribution is -0.122. The summed E-state index contributed by atoms with van der Waals surface area (Å²) in [5.74, 6) is -0.306. The molecular weight excluding hydrogens is 517 g/mol. The number of amides is 2. The fourth-order valence-electron chi connectivity index (χ4n) is 3.11. The number of rotatable bonds is 3. The highest BCUT2D eigenvalue weighted by Crippen LogP contribution is 2.35. The Morgan fingerprint density at radius 2 is 1.93 bits per heavy atom. The largest absolute Gasteiger partial charge is 0.440 e. The van der Waals surface area contributed by atoms with Crippen LogP contribution in [-0.2, 0) is 14.3 Å². The van der Waals surface area contributed by atoms with Crippen LogP contribution in [0.1, 0.15) is 5.76 Å². The van der Waals surface area contributed by atoms with Crippen molar-refractivity contribution in [1.82, 2.24) is 5.32 Å². The molecule has 2 amide bonds. The smallest absolute Gasteiger partial charge is 0.270 e. The molecule has 0 unspecified atom stereocenters. The summed E-state index contributed by atoms with van der Waals surface area (Å²) < 4.78 is 11.9. The molecule has 1 aromatic heterocycles. The van der Waals surface area contributed by atoms with Gasteiger partial charge in [0.15, 0.2) is 5.11 Å². The highest BCUT2D eigenvalue weighted by Gasteiger charge is 2.36. The Bertz CT molecular complexity index is 1080. The standard InChI is InChI=1S/C19H14BrCl2N3O4S/c20-12-9-10(29-18(12)24-4-6-28-7-5-24)8-11-16(26)23-19(30)25(17(11)27)14-3-1-2-13(21)15(14)22/h1-3,8-9H,4-7H2,(H,23,26,30). The quantitative estimate of drug-likeness (QED) is 0.367. The third-order valence-electron chi connectivity index (χ3n) is 4.55. The third kappa shape index (κ3) is 4.00. The molecule has 0 atom stereocenters. The summed E-state index contributed by atoms with van der Waals surface area (Å²) in [5, 5.41) is 2.84. The van der Waals surface area contributed by atoms with E-state index in [1.807, 2.05) is 4.90 Å². The van der Waals surface area contributed by atoms with E-state index in [1.54, 1.807) is 24.3 Å².